The van der Waals surface area contributed by atoms with E-state index in [1.807, 2.05) is 24.3 Å². The van der Waals surface area contributed by atoms with Crippen molar-refractivity contribution < 1.29 is 4.42 Å². The molecular weight excluding hydrogens is 637 g/mol. The van der Waals surface area contributed by atoms with E-state index in [-0.39, 0.29) is 0 Å². The molecule has 0 saturated heterocycles. The summed E-state index contributed by atoms with van der Waals surface area (Å²) in [4.78, 5) is 15.4. The van der Waals surface area contributed by atoms with Gasteiger partial charge in [-0.1, -0.05) is 141 Å². The van der Waals surface area contributed by atoms with Crippen molar-refractivity contribution in [2.24, 2.45) is 0 Å². The standard InChI is InChI=1S/C47H34N4O/c1-2-3-15-30-26-28-32(29-27-30)46-48-45(31-16-5-4-6-17-31)49-47(50-46)36-21-10-13-24-39(36)51-38-23-12-9-20-35(38)41-33-18-7-8-19-34(33)42-37-22-11-14-25-40(37)52-44(42)43(41)51/h4-14,16-29H,2-3,15H2,1H3. The number of rotatable bonds is 7. The van der Waals surface area contributed by atoms with Crippen LogP contribution in [0.15, 0.2) is 156 Å². The molecule has 5 heteroatoms. The third-order valence-corrected chi connectivity index (χ3v) is 10.2. The molecule has 3 aromatic heterocycles. The molecule has 0 unspecified atom stereocenters. The maximum Gasteiger partial charge on any atom is 0.166 e. The molecule has 5 nitrogen and oxygen atoms in total. The molecule has 0 radical (unpaired) electrons. The number of aromatic nitrogens is 4. The molecule has 0 spiro atoms. The number of furan rings is 1. The number of para-hydroxylation sites is 3. The van der Waals surface area contributed by atoms with E-state index in [9.17, 15) is 0 Å². The summed E-state index contributed by atoms with van der Waals surface area (Å²) in [5.41, 5.74) is 8.95. The molecule has 0 bridgehead atoms. The average Bonchev–Trinajstić information content (AvgIpc) is 3.78. The molecule has 0 fully saturated rings. The van der Waals surface area contributed by atoms with Crippen LogP contribution in [0.25, 0.3) is 94.4 Å². The number of hydrogen-bond acceptors (Lipinski definition) is 4. The first-order valence-corrected chi connectivity index (χ1v) is 18.0. The van der Waals surface area contributed by atoms with Crippen molar-refractivity contribution in [3.63, 3.8) is 0 Å². The lowest BCUT2D eigenvalue weighted by atomic mass is 9.99. The van der Waals surface area contributed by atoms with Gasteiger partial charge in [0.05, 0.1) is 16.7 Å². The number of nitrogens with zero attached hydrogens (tertiary/aromatic N) is 4. The maximum atomic E-state index is 6.84. The van der Waals surface area contributed by atoms with Gasteiger partial charge in [0, 0.05) is 38.2 Å². The van der Waals surface area contributed by atoms with Crippen molar-refractivity contribution in [2.45, 2.75) is 26.2 Å². The zero-order chi connectivity index (χ0) is 34.6. The summed E-state index contributed by atoms with van der Waals surface area (Å²) in [6, 6.07) is 53.0. The third-order valence-electron chi connectivity index (χ3n) is 10.2. The predicted octanol–water partition coefficient (Wildman–Crippen LogP) is 12.4. The molecule has 248 valence electrons. The van der Waals surface area contributed by atoms with E-state index in [4.69, 9.17) is 19.4 Å². The fourth-order valence-corrected chi connectivity index (χ4v) is 7.78. The lowest BCUT2D eigenvalue weighted by molar-refractivity contribution is 0.671. The van der Waals surface area contributed by atoms with E-state index in [0.29, 0.717) is 17.5 Å². The quantitative estimate of drug-likeness (QED) is 0.169. The van der Waals surface area contributed by atoms with Crippen LogP contribution in [0, 0.1) is 0 Å². The Morgan fingerprint density at radius 3 is 1.88 bits per heavy atom. The Labute approximate surface area is 300 Å². The topological polar surface area (TPSA) is 56.7 Å². The lowest BCUT2D eigenvalue weighted by Crippen LogP contribution is -2.03. The van der Waals surface area contributed by atoms with E-state index >= 15 is 0 Å². The normalized spacial score (nSPS) is 11.8. The van der Waals surface area contributed by atoms with Gasteiger partial charge in [0.15, 0.2) is 23.1 Å². The van der Waals surface area contributed by atoms with E-state index < -0.39 is 0 Å². The Hall–Kier alpha value is -6.59. The summed E-state index contributed by atoms with van der Waals surface area (Å²) in [5.74, 6) is 1.90. The smallest absolute Gasteiger partial charge is 0.166 e. The summed E-state index contributed by atoms with van der Waals surface area (Å²) >= 11 is 0. The highest BCUT2D eigenvalue weighted by Gasteiger charge is 2.25. The minimum atomic E-state index is 0.613. The van der Waals surface area contributed by atoms with Gasteiger partial charge in [-0.3, -0.25) is 0 Å². The van der Waals surface area contributed by atoms with Crippen molar-refractivity contribution >= 4 is 54.5 Å². The summed E-state index contributed by atoms with van der Waals surface area (Å²) in [6.07, 6.45) is 3.40. The second kappa shape index (κ2) is 12.3. The van der Waals surface area contributed by atoms with Gasteiger partial charge < -0.3 is 8.98 Å². The molecule has 0 atom stereocenters. The number of fused-ring (bicyclic) bond motifs is 10. The Morgan fingerprint density at radius 1 is 0.519 bits per heavy atom. The fraction of sp³-hybridized carbons (Fsp3) is 0.0851. The van der Waals surface area contributed by atoms with Crippen molar-refractivity contribution in [2.75, 3.05) is 0 Å². The number of unbranched alkanes of at least 4 members (excludes halogenated alkanes) is 1. The first kappa shape index (κ1) is 30.3. The van der Waals surface area contributed by atoms with Gasteiger partial charge in [0.25, 0.3) is 0 Å². The summed E-state index contributed by atoms with van der Waals surface area (Å²) < 4.78 is 9.19. The van der Waals surface area contributed by atoms with Crippen LogP contribution in [0.3, 0.4) is 0 Å². The molecule has 52 heavy (non-hydrogen) atoms. The average molecular weight is 671 g/mol. The monoisotopic (exact) mass is 670 g/mol. The van der Waals surface area contributed by atoms with Gasteiger partial charge in [0.1, 0.15) is 5.58 Å². The van der Waals surface area contributed by atoms with Crippen molar-refractivity contribution in [1.29, 1.82) is 0 Å². The van der Waals surface area contributed by atoms with E-state index in [2.05, 4.69) is 139 Å². The van der Waals surface area contributed by atoms with Crippen LogP contribution in [-0.2, 0) is 6.42 Å². The largest absolute Gasteiger partial charge is 0.454 e. The molecule has 10 aromatic rings. The van der Waals surface area contributed by atoms with Crippen molar-refractivity contribution in [3.05, 3.63) is 157 Å². The fourth-order valence-electron chi connectivity index (χ4n) is 7.78. The minimum Gasteiger partial charge on any atom is -0.454 e. The maximum absolute atomic E-state index is 6.84. The number of hydrogen-bond donors (Lipinski definition) is 0. The minimum absolute atomic E-state index is 0.613. The molecule has 0 amide bonds. The van der Waals surface area contributed by atoms with E-state index in [0.717, 1.165) is 72.5 Å². The van der Waals surface area contributed by atoms with Crippen molar-refractivity contribution in [3.8, 4) is 39.9 Å². The van der Waals surface area contributed by atoms with Gasteiger partial charge in [-0.15, -0.1) is 0 Å². The van der Waals surface area contributed by atoms with Gasteiger partial charge in [0.2, 0.25) is 0 Å². The van der Waals surface area contributed by atoms with Crippen LogP contribution in [0.5, 0.6) is 0 Å². The van der Waals surface area contributed by atoms with E-state index in [1.54, 1.807) is 0 Å². The molecule has 0 aliphatic heterocycles. The van der Waals surface area contributed by atoms with E-state index in [1.165, 1.54) is 29.2 Å². The predicted molar refractivity (Wildman–Crippen MR) is 214 cm³/mol. The molecule has 0 saturated carbocycles. The molecule has 0 aliphatic carbocycles. The molecule has 10 rings (SSSR count). The lowest BCUT2D eigenvalue weighted by Gasteiger charge is -2.15. The zero-order valence-corrected chi connectivity index (χ0v) is 28.8. The Morgan fingerprint density at radius 2 is 1.12 bits per heavy atom. The third kappa shape index (κ3) is 4.81. The van der Waals surface area contributed by atoms with Gasteiger partial charge >= 0.3 is 0 Å². The molecule has 0 aliphatic rings. The van der Waals surface area contributed by atoms with Crippen LogP contribution in [-0.4, -0.2) is 19.5 Å². The van der Waals surface area contributed by atoms with Crippen LogP contribution >= 0.6 is 0 Å². The van der Waals surface area contributed by atoms with Crippen LogP contribution in [0.4, 0.5) is 0 Å². The molecule has 0 N–H and O–H groups in total. The first-order chi connectivity index (χ1) is 25.8. The highest BCUT2D eigenvalue weighted by molar-refractivity contribution is 6.35. The van der Waals surface area contributed by atoms with Crippen molar-refractivity contribution in [1.82, 2.24) is 19.5 Å². The van der Waals surface area contributed by atoms with Gasteiger partial charge in [-0.2, -0.15) is 0 Å². The highest BCUT2D eigenvalue weighted by atomic mass is 16.3. The molecule has 3 heterocycles. The Kier molecular flexibility index (Phi) is 7.17. The summed E-state index contributed by atoms with van der Waals surface area (Å²) in [7, 11) is 0. The zero-order valence-electron chi connectivity index (χ0n) is 28.8. The Bertz CT molecular complexity index is 2940. The SMILES string of the molecule is CCCCc1ccc(-c2nc(-c3ccccc3)nc(-c3ccccc3-n3c4ccccc4c4c5ccccc5c5c6ccccc6oc5c43)n2)cc1. The highest BCUT2D eigenvalue weighted by Crippen LogP contribution is 2.46. The van der Waals surface area contributed by atoms with Crippen LogP contribution in [0.1, 0.15) is 25.3 Å². The second-order valence-electron chi connectivity index (χ2n) is 13.4. The molecular formula is C47H34N4O. The second-order valence-corrected chi connectivity index (χ2v) is 13.4. The van der Waals surface area contributed by atoms with Gasteiger partial charge in [-0.25, -0.2) is 15.0 Å². The first-order valence-electron chi connectivity index (χ1n) is 18.0. The Balaban J connectivity index is 1.28. The van der Waals surface area contributed by atoms with Crippen LogP contribution < -0.4 is 0 Å². The van der Waals surface area contributed by atoms with Crippen LogP contribution in [0.2, 0.25) is 0 Å². The van der Waals surface area contributed by atoms with Gasteiger partial charge in [-0.05, 0) is 53.4 Å². The molecule has 7 aromatic carbocycles. The number of benzene rings is 7. The number of aryl methyl sites for hydroxylation is 1. The summed E-state index contributed by atoms with van der Waals surface area (Å²) in [6.45, 7) is 2.23. The summed E-state index contributed by atoms with van der Waals surface area (Å²) in [5, 5.41) is 6.93.